The summed E-state index contributed by atoms with van der Waals surface area (Å²) >= 11 is 1.64. The molecule has 16 heavy (non-hydrogen) atoms. The molecule has 0 aromatic carbocycles. The van der Waals surface area contributed by atoms with Crippen LogP contribution in [0.15, 0.2) is 0 Å². The molecule has 5 heteroatoms. The van der Waals surface area contributed by atoms with E-state index in [1.54, 1.807) is 0 Å². The van der Waals surface area contributed by atoms with Crippen molar-refractivity contribution in [1.82, 2.24) is 0 Å². The van der Waals surface area contributed by atoms with Gasteiger partial charge in [-0.2, -0.15) is 0 Å². The number of carbonyl (C=O) groups excluding carboxylic acids is 1. The number of rotatable bonds is 2. The molecule has 0 aromatic rings. The van der Waals surface area contributed by atoms with Gasteiger partial charge in [-0.25, -0.2) is 0 Å². The van der Waals surface area contributed by atoms with E-state index in [4.69, 9.17) is 9.47 Å². The third-order valence-corrected chi connectivity index (χ3v) is 5.55. The fourth-order valence-electron chi connectivity index (χ4n) is 1.97. The molecule has 0 aliphatic carbocycles. The molecule has 0 bridgehead atoms. The average Bonchev–Trinajstić information content (AvgIpc) is 2.19. The van der Waals surface area contributed by atoms with Gasteiger partial charge in [-0.3, -0.25) is 0 Å². The molecule has 0 spiro atoms. The van der Waals surface area contributed by atoms with Crippen molar-refractivity contribution in [3.8, 4) is 0 Å². The van der Waals surface area contributed by atoms with E-state index in [1.807, 2.05) is 0 Å². The molecule has 3 unspecified atom stereocenters. The van der Waals surface area contributed by atoms with Crippen molar-refractivity contribution in [2.24, 2.45) is 5.41 Å². The van der Waals surface area contributed by atoms with E-state index < -0.39 is 17.2 Å². The Bertz CT molecular complexity index is 250. The fourth-order valence-corrected chi connectivity index (χ4v) is 3.04. The third kappa shape index (κ3) is 4.29. The number of carbonyl (C=O) groups is 1. The summed E-state index contributed by atoms with van der Waals surface area (Å²) in [5.74, 6) is 0. The minimum absolute atomic E-state index is 0.0171. The molecule has 0 aromatic heterocycles. The van der Waals surface area contributed by atoms with Gasteiger partial charge < -0.3 is 0 Å². The molecule has 1 heterocycles. The van der Waals surface area contributed by atoms with Gasteiger partial charge in [0.15, 0.2) is 0 Å². The van der Waals surface area contributed by atoms with E-state index in [0.29, 0.717) is 0 Å². The Balaban J connectivity index is 2.69. The van der Waals surface area contributed by atoms with Gasteiger partial charge in [0.1, 0.15) is 0 Å². The topological polar surface area (TPSA) is 35.5 Å². The third-order valence-electron chi connectivity index (χ3n) is 2.73. The first-order valence-corrected chi connectivity index (χ1v) is 12.8. The van der Waals surface area contributed by atoms with Crippen molar-refractivity contribution in [2.45, 2.75) is 58.8 Å². The predicted molar refractivity (Wildman–Crippen MR) is 67.3 cm³/mol. The molecule has 1 fully saturated rings. The van der Waals surface area contributed by atoms with Gasteiger partial charge in [-0.05, 0) is 0 Å². The van der Waals surface area contributed by atoms with Crippen LogP contribution in [0.5, 0.6) is 0 Å². The minimum atomic E-state index is -0.496. The Labute approximate surface area is 117 Å². The molecule has 1 rings (SSSR count). The summed E-state index contributed by atoms with van der Waals surface area (Å²) in [7, 11) is 0. The zero-order valence-corrected chi connectivity index (χ0v) is 14.4. The van der Waals surface area contributed by atoms with Crippen LogP contribution in [0, 0.1) is 5.41 Å². The van der Waals surface area contributed by atoms with Crippen LogP contribution in [0.4, 0.5) is 4.79 Å². The molecule has 0 saturated carbocycles. The first-order chi connectivity index (χ1) is 7.34. The maximum absolute atomic E-state index is 11.4. The quantitative estimate of drug-likeness (QED) is 0.453. The summed E-state index contributed by atoms with van der Waals surface area (Å²) in [6.07, 6.45) is 2.14. The van der Waals surface area contributed by atoms with E-state index in [2.05, 4.69) is 46.3 Å². The van der Waals surface area contributed by atoms with Gasteiger partial charge in [0, 0.05) is 0 Å². The SMILES string of the molecule is CC1CCC(OC(=O)[I-]I)C(C(C)(C)C)O1. The number of hydrogen-bond donors (Lipinski definition) is 0. The first kappa shape index (κ1) is 14.9. The number of ether oxygens (including phenoxy) is 2. The standard InChI is InChI=1S/C11H19I2O3/c1-7-5-6-8(16-10(14)13-12)9(15-7)11(2,3)4/h7-9H,5-6H2,1-4H3/q-1. The van der Waals surface area contributed by atoms with E-state index in [1.165, 1.54) is 0 Å². The monoisotopic (exact) mass is 453 g/mol. The van der Waals surface area contributed by atoms with Gasteiger partial charge in [-0.15, -0.1) is 0 Å². The Morgan fingerprint density at radius 3 is 2.56 bits per heavy atom. The van der Waals surface area contributed by atoms with Crippen molar-refractivity contribution >= 4 is 22.6 Å². The molecule has 0 amide bonds. The predicted octanol–water partition coefficient (Wildman–Crippen LogP) is 0.544. The second-order valence-corrected chi connectivity index (χ2v) is 9.30. The molecule has 3 atom stereocenters. The first-order valence-electron chi connectivity index (χ1n) is 5.46. The van der Waals surface area contributed by atoms with E-state index in [9.17, 15) is 4.79 Å². The average molecular weight is 453 g/mol. The van der Waals surface area contributed by atoms with Gasteiger partial charge in [0.05, 0.1) is 0 Å². The molecule has 96 valence electrons. The Morgan fingerprint density at radius 2 is 2.06 bits per heavy atom. The summed E-state index contributed by atoms with van der Waals surface area (Å²) in [6.45, 7) is 8.49. The van der Waals surface area contributed by atoms with Crippen molar-refractivity contribution in [3.05, 3.63) is 0 Å². The molecule has 1 saturated heterocycles. The van der Waals surface area contributed by atoms with E-state index in [0.717, 1.165) is 12.8 Å². The number of hydrogen-bond acceptors (Lipinski definition) is 3. The molecule has 1 aliphatic heterocycles. The number of halogens is 2. The van der Waals surface area contributed by atoms with E-state index >= 15 is 0 Å². The second kappa shape index (κ2) is 6.17. The van der Waals surface area contributed by atoms with Crippen LogP contribution in [-0.2, 0) is 9.47 Å². The van der Waals surface area contributed by atoms with Crippen LogP contribution in [0.1, 0.15) is 40.5 Å². The van der Waals surface area contributed by atoms with Gasteiger partial charge >= 0.3 is 118 Å². The molecule has 0 radical (unpaired) electrons. The Morgan fingerprint density at radius 1 is 1.44 bits per heavy atom. The maximum atomic E-state index is 11.4. The van der Waals surface area contributed by atoms with Gasteiger partial charge in [-0.1, -0.05) is 0 Å². The second-order valence-electron chi connectivity index (χ2n) is 5.28. The normalized spacial score (nSPS) is 31.4. The summed E-state index contributed by atoms with van der Waals surface area (Å²) < 4.78 is 11.4. The van der Waals surface area contributed by atoms with Crippen molar-refractivity contribution in [3.63, 3.8) is 0 Å². The molecule has 3 nitrogen and oxygen atoms in total. The van der Waals surface area contributed by atoms with E-state index in [-0.39, 0.29) is 27.7 Å². The Kier molecular flexibility index (Phi) is 5.77. The summed E-state index contributed by atoms with van der Waals surface area (Å²) in [4.78, 5) is 11.4. The van der Waals surface area contributed by atoms with Crippen molar-refractivity contribution in [2.75, 3.05) is 0 Å². The molecular formula is C11H19I2O3-. The summed E-state index contributed by atoms with van der Waals surface area (Å²) in [6, 6.07) is 0. The van der Waals surface area contributed by atoms with Gasteiger partial charge in [0.25, 0.3) is 0 Å². The summed E-state index contributed by atoms with van der Waals surface area (Å²) in [5.41, 5.74) is 0.0171. The fraction of sp³-hybridized carbons (Fsp3) is 0.909. The van der Waals surface area contributed by atoms with Crippen LogP contribution >= 0.6 is 18.6 Å². The van der Waals surface area contributed by atoms with Gasteiger partial charge in [0.2, 0.25) is 0 Å². The molecular weight excluding hydrogens is 434 g/mol. The summed E-state index contributed by atoms with van der Waals surface area (Å²) in [5, 5.41) is 0. The molecule has 0 N–H and O–H groups in total. The van der Waals surface area contributed by atoms with Crippen LogP contribution in [0.2, 0.25) is 0 Å². The van der Waals surface area contributed by atoms with Crippen LogP contribution in [0.25, 0.3) is 0 Å². The zero-order chi connectivity index (χ0) is 12.3. The van der Waals surface area contributed by atoms with Crippen molar-refractivity contribution < 1.29 is 31.5 Å². The van der Waals surface area contributed by atoms with Crippen molar-refractivity contribution in [1.29, 1.82) is 0 Å². The molecule has 1 aliphatic rings. The Hall–Kier alpha value is 0.890. The zero-order valence-electron chi connectivity index (χ0n) is 10.1. The van der Waals surface area contributed by atoms with Crippen LogP contribution < -0.4 is 17.2 Å². The van der Waals surface area contributed by atoms with Crippen LogP contribution in [-0.4, -0.2) is 22.3 Å². The van der Waals surface area contributed by atoms with Crippen LogP contribution in [0.3, 0.4) is 0 Å².